The van der Waals surface area contributed by atoms with Crippen LogP contribution in [0.1, 0.15) is 32.1 Å². The first-order valence-electron chi connectivity index (χ1n) is 7.19. The zero-order valence-electron chi connectivity index (χ0n) is 11.4. The van der Waals surface area contributed by atoms with E-state index in [2.05, 4.69) is 5.32 Å². The molecular formula is C16H21NO2. The number of carbonyl (C=O) groups is 1. The molecular weight excluding hydrogens is 238 g/mol. The van der Waals surface area contributed by atoms with Crippen LogP contribution in [-0.2, 0) is 4.79 Å². The molecule has 3 rings (SSSR count). The van der Waals surface area contributed by atoms with Crippen molar-refractivity contribution in [1.29, 1.82) is 0 Å². The van der Waals surface area contributed by atoms with E-state index in [1.807, 2.05) is 24.3 Å². The molecule has 2 bridgehead atoms. The molecule has 3 atom stereocenters. The van der Waals surface area contributed by atoms with Gasteiger partial charge in [-0.05, 0) is 49.1 Å². The maximum Gasteiger partial charge on any atom is 0.224 e. The first-order valence-corrected chi connectivity index (χ1v) is 7.19. The van der Waals surface area contributed by atoms with Gasteiger partial charge in [0.25, 0.3) is 0 Å². The minimum absolute atomic E-state index is 0.127. The fourth-order valence-corrected chi connectivity index (χ4v) is 3.81. The summed E-state index contributed by atoms with van der Waals surface area (Å²) in [4.78, 5) is 12.1. The third-order valence-electron chi connectivity index (χ3n) is 4.71. The van der Waals surface area contributed by atoms with Crippen molar-refractivity contribution < 1.29 is 9.53 Å². The first-order chi connectivity index (χ1) is 9.26. The molecule has 3 nitrogen and oxygen atoms in total. The van der Waals surface area contributed by atoms with Crippen molar-refractivity contribution in [3.05, 3.63) is 24.3 Å². The molecule has 3 heteroatoms. The van der Waals surface area contributed by atoms with Crippen LogP contribution in [0.2, 0.25) is 0 Å². The van der Waals surface area contributed by atoms with E-state index in [0.29, 0.717) is 12.3 Å². The van der Waals surface area contributed by atoms with Crippen LogP contribution in [-0.4, -0.2) is 13.0 Å². The Hall–Kier alpha value is -1.51. The van der Waals surface area contributed by atoms with Crippen LogP contribution in [0.25, 0.3) is 0 Å². The molecule has 1 aromatic carbocycles. The van der Waals surface area contributed by atoms with E-state index in [0.717, 1.165) is 23.3 Å². The zero-order chi connectivity index (χ0) is 13.2. The Bertz CT molecular complexity index is 472. The quantitative estimate of drug-likeness (QED) is 0.899. The van der Waals surface area contributed by atoms with Crippen molar-refractivity contribution in [2.24, 2.45) is 17.8 Å². The number of fused-ring (bicyclic) bond motifs is 2. The van der Waals surface area contributed by atoms with Gasteiger partial charge in [-0.1, -0.05) is 18.6 Å². The molecule has 0 saturated heterocycles. The van der Waals surface area contributed by atoms with Gasteiger partial charge < -0.3 is 10.1 Å². The second-order valence-electron chi connectivity index (χ2n) is 5.89. The summed E-state index contributed by atoms with van der Waals surface area (Å²) in [6.07, 6.45) is 5.99. The van der Waals surface area contributed by atoms with Crippen molar-refractivity contribution in [2.75, 3.05) is 12.4 Å². The van der Waals surface area contributed by atoms with Crippen LogP contribution in [0, 0.1) is 17.8 Å². The lowest BCUT2D eigenvalue weighted by Gasteiger charge is -2.21. The lowest BCUT2D eigenvalue weighted by atomic mass is 9.86. The normalized spacial score (nSPS) is 28.4. The number of ether oxygens (including phenoxy) is 1. The van der Waals surface area contributed by atoms with Crippen molar-refractivity contribution >= 4 is 11.6 Å². The number of rotatable bonds is 4. The standard InChI is InChI=1S/C16H21NO2/c1-19-15-5-3-2-4-14(15)17-16(18)10-13-9-11-6-7-12(13)8-11/h2-5,11-13H,6-10H2,1H3,(H,17,18)/t11-,12-,13+/m1/s1. The maximum absolute atomic E-state index is 12.1. The summed E-state index contributed by atoms with van der Waals surface area (Å²) in [7, 11) is 1.63. The molecule has 0 spiro atoms. The molecule has 1 amide bonds. The van der Waals surface area contributed by atoms with E-state index in [1.54, 1.807) is 7.11 Å². The minimum atomic E-state index is 0.127. The second kappa shape index (κ2) is 5.24. The molecule has 0 aromatic heterocycles. The highest BCUT2D eigenvalue weighted by atomic mass is 16.5. The number of para-hydroxylation sites is 2. The highest BCUT2D eigenvalue weighted by Crippen LogP contribution is 2.49. The van der Waals surface area contributed by atoms with Crippen LogP contribution in [0.4, 0.5) is 5.69 Å². The van der Waals surface area contributed by atoms with Crippen molar-refractivity contribution in [1.82, 2.24) is 0 Å². The molecule has 2 aliphatic rings. The molecule has 19 heavy (non-hydrogen) atoms. The summed E-state index contributed by atoms with van der Waals surface area (Å²) >= 11 is 0. The summed E-state index contributed by atoms with van der Waals surface area (Å²) in [5, 5.41) is 2.98. The lowest BCUT2D eigenvalue weighted by Crippen LogP contribution is -2.20. The monoisotopic (exact) mass is 259 g/mol. The molecule has 2 aliphatic carbocycles. The van der Waals surface area contributed by atoms with Gasteiger partial charge in [0.1, 0.15) is 5.75 Å². The van der Waals surface area contributed by atoms with Gasteiger partial charge in [-0.2, -0.15) is 0 Å². The molecule has 2 fully saturated rings. The van der Waals surface area contributed by atoms with Crippen molar-refractivity contribution in [3.63, 3.8) is 0 Å². The lowest BCUT2D eigenvalue weighted by molar-refractivity contribution is -0.117. The smallest absolute Gasteiger partial charge is 0.224 e. The van der Waals surface area contributed by atoms with Crippen LogP contribution < -0.4 is 10.1 Å². The molecule has 0 heterocycles. The van der Waals surface area contributed by atoms with E-state index >= 15 is 0 Å². The highest BCUT2D eigenvalue weighted by molar-refractivity contribution is 5.92. The van der Waals surface area contributed by atoms with Crippen LogP contribution in [0.3, 0.4) is 0 Å². The Labute approximate surface area is 114 Å². The number of methoxy groups -OCH3 is 1. The minimum Gasteiger partial charge on any atom is -0.495 e. The van der Waals surface area contributed by atoms with Gasteiger partial charge in [0.15, 0.2) is 0 Å². The largest absolute Gasteiger partial charge is 0.495 e. The average Bonchev–Trinajstić information content (AvgIpc) is 3.01. The Morgan fingerprint density at radius 1 is 1.32 bits per heavy atom. The fraction of sp³-hybridized carbons (Fsp3) is 0.562. The summed E-state index contributed by atoms with van der Waals surface area (Å²) in [5.41, 5.74) is 0.776. The Kier molecular flexibility index (Phi) is 3.45. The summed E-state index contributed by atoms with van der Waals surface area (Å²) in [5.74, 6) is 3.15. The van der Waals surface area contributed by atoms with Crippen LogP contribution in [0.5, 0.6) is 5.75 Å². The van der Waals surface area contributed by atoms with Gasteiger partial charge in [-0.3, -0.25) is 4.79 Å². The number of benzene rings is 1. The Morgan fingerprint density at radius 2 is 2.16 bits per heavy atom. The van der Waals surface area contributed by atoms with Gasteiger partial charge in [-0.15, -0.1) is 0 Å². The molecule has 1 aromatic rings. The van der Waals surface area contributed by atoms with Gasteiger partial charge in [-0.25, -0.2) is 0 Å². The van der Waals surface area contributed by atoms with E-state index in [9.17, 15) is 4.79 Å². The van der Waals surface area contributed by atoms with E-state index in [1.165, 1.54) is 25.7 Å². The number of hydrogen-bond acceptors (Lipinski definition) is 2. The molecule has 0 aliphatic heterocycles. The number of anilines is 1. The number of amides is 1. The maximum atomic E-state index is 12.1. The van der Waals surface area contributed by atoms with E-state index in [4.69, 9.17) is 4.74 Å². The van der Waals surface area contributed by atoms with Gasteiger partial charge in [0, 0.05) is 6.42 Å². The summed E-state index contributed by atoms with van der Waals surface area (Å²) < 4.78 is 5.25. The Morgan fingerprint density at radius 3 is 2.84 bits per heavy atom. The predicted molar refractivity (Wildman–Crippen MR) is 75.2 cm³/mol. The third kappa shape index (κ3) is 2.60. The van der Waals surface area contributed by atoms with Gasteiger partial charge in [0.2, 0.25) is 5.91 Å². The van der Waals surface area contributed by atoms with Crippen LogP contribution >= 0.6 is 0 Å². The summed E-state index contributed by atoms with van der Waals surface area (Å²) in [6, 6.07) is 7.57. The molecule has 0 unspecified atom stereocenters. The predicted octanol–water partition coefficient (Wildman–Crippen LogP) is 3.46. The third-order valence-corrected chi connectivity index (χ3v) is 4.71. The molecule has 102 valence electrons. The van der Waals surface area contributed by atoms with E-state index < -0.39 is 0 Å². The first kappa shape index (κ1) is 12.5. The van der Waals surface area contributed by atoms with Crippen LogP contribution in [0.15, 0.2) is 24.3 Å². The zero-order valence-corrected chi connectivity index (χ0v) is 11.4. The fourth-order valence-electron chi connectivity index (χ4n) is 3.81. The van der Waals surface area contributed by atoms with Crippen molar-refractivity contribution in [2.45, 2.75) is 32.1 Å². The average molecular weight is 259 g/mol. The Balaban J connectivity index is 1.59. The number of hydrogen-bond donors (Lipinski definition) is 1. The number of nitrogens with one attached hydrogen (secondary N) is 1. The van der Waals surface area contributed by atoms with Gasteiger partial charge in [0.05, 0.1) is 12.8 Å². The summed E-state index contributed by atoms with van der Waals surface area (Å²) in [6.45, 7) is 0. The molecule has 2 saturated carbocycles. The molecule has 1 N–H and O–H groups in total. The molecule has 0 radical (unpaired) electrons. The van der Waals surface area contributed by atoms with E-state index in [-0.39, 0.29) is 5.91 Å². The highest BCUT2D eigenvalue weighted by Gasteiger charge is 2.40. The van der Waals surface area contributed by atoms with Crippen molar-refractivity contribution in [3.8, 4) is 5.75 Å². The van der Waals surface area contributed by atoms with Gasteiger partial charge >= 0.3 is 0 Å². The topological polar surface area (TPSA) is 38.3 Å². The second-order valence-corrected chi connectivity index (χ2v) is 5.89. The number of carbonyl (C=O) groups excluding carboxylic acids is 1. The SMILES string of the molecule is COc1ccccc1NC(=O)C[C@@H]1C[C@@H]2CC[C@@H]1C2.